The molecule has 2 aliphatic rings. The van der Waals surface area contributed by atoms with E-state index in [-0.39, 0.29) is 10.8 Å². The van der Waals surface area contributed by atoms with Gasteiger partial charge in [0.25, 0.3) is 0 Å². The number of hydrogen-bond donors (Lipinski definition) is 0. The van der Waals surface area contributed by atoms with Crippen LogP contribution in [0.15, 0.2) is 36.4 Å². The molecule has 4 rings (SSSR count). The summed E-state index contributed by atoms with van der Waals surface area (Å²) in [4.78, 5) is 0. The second kappa shape index (κ2) is 5.77. The molecule has 0 saturated carbocycles. The smallest absolute Gasteiger partial charge is 0.119 e. The summed E-state index contributed by atoms with van der Waals surface area (Å²) in [6, 6.07) is 13.4. The summed E-state index contributed by atoms with van der Waals surface area (Å²) in [6.45, 7) is 9.52. The molecule has 0 aromatic heterocycles. The van der Waals surface area contributed by atoms with Crippen LogP contribution in [0, 0.1) is 0 Å². The molecule has 0 bridgehead atoms. The number of methoxy groups -OCH3 is 2. The first-order valence-corrected chi connectivity index (χ1v) is 9.64. The number of hydrogen-bond acceptors (Lipinski definition) is 2. The van der Waals surface area contributed by atoms with Gasteiger partial charge in [-0.05, 0) is 82.0 Å². The average molecular weight is 351 g/mol. The van der Waals surface area contributed by atoms with Crippen molar-refractivity contribution in [2.45, 2.75) is 63.2 Å². The van der Waals surface area contributed by atoms with Gasteiger partial charge in [0.15, 0.2) is 0 Å². The quantitative estimate of drug-likeness (QED) is 0.668. The second-order valence-electron chi connectivity index (χ2n) is 9.30. The lowest BCUT2D eigenvalue weighted by Gasteiger charge is -2.50. The van der Waals surface area contributed by atoms with Crippen molar-refractivity contribution in [3.8, 4) is 11.5 Å². The summed E-state index contributed by atoms with van der Waals surface area (Å²) in [5.74, 6) is 3.07. The summed E-state index contributed by atoms with van der Waals surface area (Å²) < 4.78 is 11.0. The molecule has 2 heteroatoms. The van der Waals surface area contributed by atoms with Crippen LogP contribution in [0.1, 0.15) is 74.6 Å². The van der Waals surface area contributed by atoms with Gasteiger partial charge in [0, 0.05) is 0 Å². The lowest BCUT2D eigenvalue weighted by Crippen LogP contribution is -2.39. The van der Waals surface area contributed by atoms with Crippen LogP contribution in [0.2, 0.25) is 0 Å². The SMILES string of the molecule is COc1ccc2c(c1)C(C)(C)C[C@H]1c3ccc(OC)cc3C(C)(C)C[C@@H]21. The topological polar surface area (TPSA) is 18.5 Å². The molecule has 138 valence electrons. The van der Waals surface area contributed by atoms with Crippen LogP contribution in [0.3, 0.4) is 0 Å². The van der Waals surface area contributed by atoms with E-state index in [2.05, 4.69) is 64.1 Å². The van der Waals surface area contributed by atoms with E-state index in [9.17, 15) is 0 Å². The Balaban J connectivity index is 1.89. The van der Waals surface area contributed by atoms with Crippen LogP contribution >= 0.6 is 0 Å². The van der Waals surface area contributed by atoms with Gasteiger partial charge in [-0.3, -0.25) is 0 Å². The summed E-state index contributed by atoms with van der Waals surface area (Å²) in [7, 11) is 3.52. The van der Waals surface area contributed by atoms with Crippen molar-refractivity contribution < 1.29 is 9.47 Å². The third kappa shape index (κ3) is 2.53. The summed E-state index contributed by atoms with van der Waals surface area (Å²) in [5.41, 5.74) is 6.24. The van der Waals surface area contributed by atoms with Gasteiger partial charge in [-0.1, -0.05) is 39.8 Å². The molecule has 0 unspecified atom stereocenters. The molecular weight excluding hydrogens is 320 g/mol. The molecule has 0 amide bonds. The van der Waals surface area contributed by atoms with E-state index in [1.165, 1.54) is 35.1 Å². The predicted molar refractivity (Wildman–Crippen MR) is 107 cm³/mol. The number of ether oxygens (including phenoxy) is 2. The molecule has 26 heavy (non-hydrogen) atoms. The summed E-state index contributed by atoms with van der Waals surface area (Å²) in [5, 5.41) is 0. The van der Waals surface area contributed by atoms with Crippen LogP contribution in [-0.4, -0.2) is 14.2 Å². The highest BCUT2D eigenvalue weighted by Gasteiger charge is 2.46. The summed E-state index contributed by atoms with van der Waals surface area (Å²) >= 11 is 0. The minimum Gasteiger partial charge on any atom is -0.497 e. The van der Waals surface area contributed by atoms with Crippen LogP contribution < -0.4 is 9.47 Å². The molecule has 0 heterocycles. The van der Waals surface area contributed by atoms with E-state index in [1.807, 2.05) is 0 Å². The van der Waals surface area contributed by atoms with E-state index < -0.39 is 0 Å². The number of fused-ring (bicyclic) bond motifs is 5. The molecular formula is C24H30O2. The third-order valence-electron chi connectivity index (χ3n) is 6.72. The fraction of sp³-hybridized carbons (Fsp3) is 0.500. The maximum atomic E-state index is 5.52. The molecule has 0 saturated heterocycles. The molecule has 2 atom stereocenters. The van der Waals surface area contributed by atoms with Crippen LogP contribution in [0.4, 0.5) is 0 Å². The highest BCUT2D eigenvalue weighted by Crippen LogP contribution is 2.59. The van der Waals surface area contributed by atoms with Crippen LogP contribution in [-0.2, 0) is 10.8 Å². The zero-order valence-electron chi connectivity index (χ0n) is 16.8. The van der Waals surface area contributed by atoms with Crippen molar-refractivity contribution in [2.75, 3.05) is 14.2 Å². The molecule has 0 radical (unpaired) electrons. The van der Waals surface area contributed by atoms with Crippen molar-refractivity contribution in [3.63, 3.8) is 0 Å². The Bertz CT molecular complexity index is 776. The van der Waals surface area contributed by atoms with Crippen LogP contribution in [0.25, 0.3) is 0 Å². The maximum absolute atomic E-state index is 5.52. The van der Waals surface area contributed by atoms with E-state index in [4.69, 9.17) is 9.47 Å². The molecule has 0 fully saturated rings. The predicted octanol–water partition coefficient (Wildman–Crippen LogP) is 5.93. The van der Waals surface area contributed by atoms with E-state index in [0.29, 0.717) is 11.8 Å². The Morgan fingerprint density at radius 3 is 1.42 bits per heavy atom. The first kappa shape index (κ1) is 17.5. The fourth-order valence-electron chi connectivity index (χ4n) is 5.40. The lowest BCUT2D eigenvalue weighted by molar-refractivity contribution is 0.272. The first-order chi connectivity index (χ1) is 12.3. The maximum Gasteiger partial charge on any atom is 0.119 e. The molecule has 0 N–H and O–H groups in total. The minimum atomic E-state index is 0.143. The lowest BCUT2D eigenvalue weighted by atomic mass is 9.54. The van der Waals surface area contributed by atoms with Crippen molar-refractivity contribution >= 4 is 0 Å². The van der Waals surface area contributed by atoms with Gasteiger partial charge in [0.1, 0.15) is 11.5 Å². The van der Waals surface area contributed by atoms with Gasteiger partial charge in [-0.25, -0.2) is 0 Å². The highest BCUT2D eigenvalue weighted by molar-refractivity contribution is 5.52. The van der Waals surface area contributed by atoms with Gasteiger partial charge >= 0.3 is 0 Å². The average Bonchev–Trinajstić information content (AvgIpc) is 2.62. The first-order valence-electron chi connectivity index (χ1n) is 9.64. The molecule has 0 aliphatic heterocycles. The van der Waals surface area contributed by atoms with Crippen molar-refractivity contribution in [1.82, 2.24) is 0 Å². The zero-order valence-corrected chi connectivity index (χ0v) is 16.8. The van der Waals surface area contributed by atoms with Crippen LogP contribution in [0.5, 0.6) is 11.5 Å². The van der Waals surface area contributed by atoms with E-state index >= 15 is 0 Å². The van der Waals surface area contributed by atoms with Crippen molar-refractivity contribution in [3.05, 3.63) is 58.7 Å². The Labute approximate surface area is 157 Å². The Morgan fingerprint density at radius 2 is 1.08 bits per heavy atom. The van der Waals surface area contributed by atoms with E-state index in [0.717, 1.165) is 11.5 Å². The van der Waals surface area contributed by atoms with Gasteiger partial charge in [-0.2, -0.15) is 0 Å². The second-order valence-corrected chi connectivity index (χ2v) is 9.30. The fourth-order valence-corrected chi connectivity index (χ4v) is 5.40. The van der Waals surface area contributed by atoms with Gasteiger partial charge in [0.2, 0.25) is 0 Å². The number of benzene rings is 2. The normalized spacial score (nSPS) is 24.8. The zero-order chi connectivity index (χ0) is 18.7. The van der Waals surface area contributed by atoms with Gasteiger partial charge < -0.3 is 9.47 Å². The largest absolute Gasteiger partial charge is 0.497 e. The Morgan fingerprint density at radius 1 is 0.692 bits per heavy atom. The summed E-state index contributed by atoms with van der Waals surface area (Å²) in [6.07, 6.45) is 2.35. The third-order valence-corrected chi connectivity index (χ3v) is 6.72. The van der Waals surface area contributed by atoms with Crippen molar-refractivity contribution in [1.29, 1.82) is 0 Å². The van der Waals surface area contributed by atoms with Gasteiger partial charge in [0.05, 0.1) is 14.2 Å². The number of rotatable bonds is 2. The van der Waals surface area contributed by atoms with E-state index in [1.54, 1.807) is 14.2 Å². The minimum absolute atomic E-state index is 0.143. The molecule has 2 aromatic rings. The monoisotopic (exact) mass is 350 g/mol. The highest BCUT2D eigenvalue weighted by atomic mass is 16.5. The molecule has 2 aliphatic carbocycles. The van der Waals surface area contributed by atoms with Gasteiger partial charge in [-0.15, -0.1) is 0 Å². The Hall–Kier alpha value is -1.96. The molecule has 2 nitrogen and oxygen atoms in total. The Kier molecular flexibility index (Phi) is 3.87. The molecule has 0 spiro atoms. The van der Waals surface area contributed by atoms with Crippen molar-refractivity contribution in [2.24, 2.45) is 0 Å². The molecule has 2 aromatic carbocycles. The standard InChI is InChI=1S/C24H30O2/c1-23(2)13-19-18-10-8-16(26-6)12-22(18)24(3,4)14-20(19)17-9-7-15(25-5)11-21(17)23/h7-12,19-20H,13-14H2,1-6H3/t19-,20-/m0/s1.